The van der Waals surface area contributed by atoms with E-state index in [-0.39, 0.29) is 18.1 Å². The Labute approximate surface area is 175 Å². The first-order valence-electron chi connectivity index (χ1n) is 11.1. The molecule has 1 N–H and O–H groups in total. The van der Waals surface area contributed by atoms with Crippen molar-refractivity contribution in [3.05, 3.63) is 10.4 Å². The lowest BCUT2D eigenvalue weighted by Gasteiger charge is -2.42. The van der Waals surface area contributed by atoms with Crippen molar-refractivity contribution in [2.75, 3.05) is 49.1 Å². The molecule has 0 saturated carbocycles. The number of anilines is 2. The van der Waals surface area contributed by atoms with Crippen LogP contribution in [0.4, 0.5) is 11.9 Å². The first-order valence-corrected chi connectivity index (χ1v) is 11.1. The Morgan fingerprint density at radius 1 is 1.03 bits per heavy atom. The maximum Gasteiger partial charge on any atom is 0.280 e. The second kappa shape index (κ2) is 7.82. The molecular formula is C20H31N7O3. The van der Waals surface area contributed by atoms with Crippen LogP contribution in [0.5, 0.6) is 0 Å². The molecule has 0 atom stereocenters. The molecule has 3 aliphatic rings. The molecule has 5 heterocycles. The van der Waals surface area contributed by atoms with Gasteiger partial charge in [0.1, 0.15) is 0 Å². The van der Waals surface area contributed by atoms with Crippen LogP contribution in [0.15, 0.2) is 4.79 Å². The molecule has 5 rings (SSSR count). The molecule has 0 bridgehead atoms. The lowest BCUT2D eigenvalue weighted by molar-refractivity contribution is -0.393. The number of rotatable bonds is 4. The minimum Gasteiger partial charge on any atom is -0.342 e. The van der Waals surface area contributed by atoms with Gasteiger partial charge in [0.15, 0.2) is 23.7 Å². The Morgan fingerprint density at radius 3 is 2.30 bits per heavy atom. The fraction of sp³-hybridized carbons (Fsp3) is 0.750. The van der Waals surface area contributed by atoms with Gasteiger partial charge in [-0.2, -0.15) is 9.97 Å². The zero-order chi connectivity index (χ0) is 20.8. The molecule has 3 fully saturated rings. The van der Waals surface area contributed by atoms with Crippen LogP contribution in [0, 0.1) is 5.92 Å². The first-order chi connectivity index (χ1) is 14.6. The number of hydrogen-bond donors (Lipinski definition) is 1. The normalized spacial score (nSPS) is 25.7. The molecule has 0 aliphatic carbocycles. The Kier molecular flexibility index (Phi) is 5.16. The fourth-order valence-electron chi connectivity index (χ4n) is 4.81. The second-order valence-corrected chi connectivity index (χ2v) is 8.37. The van der Waals surface area contributed by atoms with Crippen LogP contribution in [-0.4, -0.2) is 71.0 Å². The molecule has 0 spiro atoms. The SMILES string of the molecule is CCn1c(N2CCNCC2)nc2nc(N3CCC(C4OC(C)O4)CC3)n(C)c(=O)c21. The van der Waals surface area contributed by atoms with E-state index >= 15 is 0 Å². The number of hydrogen-bond acceptors (Lipinski definition) is 8. The van der Waals surface area contributed by atoms with Crippen LogP contribution in [-0.2, 0) is 23.1 Å². The first kappa shape index (κ1) is 19.8. The van der Waals surface area contributed by atoms with Gasteiger partial charge in [-0.05, 0) is 26.7 Å². The quantitative estimate of drug-likeness (QED) is 0.769. The molecule has 0 amide bonds. The number of ether oxygens (including phenoxy) is 2. The summed E-state index contributed by atoms with van der Waals surface area (Å²) < 4.78 is 15.0. The van der Waals surface area contributed by atoms with Crippen molar-refractivity contribution in [3.63, 3.8) is 0 Å². The van der Waals surface area contributed by atoms with Crippen LogP contribution in [0.2, 0.25) is 0 Å². The van der Waals surface area contributed by atoms with Gasteiger partial charge in [0.05, 0.1) is 0 Å². The van der Waals surface area contributed by atoms with Crippen LogP contribution >= 0.6 is 0 Å². The molecular weight excluding hydrogens is 386 g/mol. The third kappa shape index (κ3) is 3.27. The van der Waals surface area contributed by atoms with Gasteiger partial charge >= 0.3 is 0 Å². The fourth-order valence-corrected chi connectivity index (χ4v) is 4.81. The van der Waals surface area contributed by atoms with Crippen LogP contribution in [0.3, 0.4) is 0 Å². The van der Waals surface area contributed by atoms with Crippen molar-refractivity contribution in [2.24, 2.45) is 13.0 Å². The van der Waals surface area contributed by atoms with Gasteiger partial charge in [0, 0.05) is 58.8 Å². The predicted octanol–water partition coefficient (Wildman–Crippen LogP) is 0.495. The average Bonchev–Trinajstić information content (AvgIpc) is 3.13. The van der Waals surface area contributed by atoms with E-state index in [1.165, 1.54) is 0 Å². The highest BCUT2D eigenvalue weighted by Gasteiger charge is 2.37. The predicted molar refractivity (Wildman–Crippen MR) is 114 cm³/mol. The lowest BCUT2D eigenvalue weighted by atomic mass is 9.95. The number of piperidine rings is 1. The zero-order valence-corrected chi connectivity index (χ0v) is 18.0. The summed E-state index contributed by atoms with van der Waals surface area (Å²) in [5.41, 5.74) is 1.11. The second-order valence-electron chi connectivity index (χ2n) is 8.37. The average molecular weight is 418 g/mol. The molecule has 30 heavy (non-hydrogen) atoms. The minimum absolute atomic E-state index is 0.0349. The largest absolute Gasteiger partial charge is 0.342 e. The molecule has 2 aromatic heterocycles. The van der Waals surface area contributed by atoms with E-state index in [0.717, 1.165) is 58.1 Å². The van der Waals surface area contributed by atoms with Gasteiger partial charge in [0.25, 0.3) is 5.56 Å². The highest BCUT2D eigenvalue weighted by Crippen LogP contribution is 2.32. The van der Waals surface area contributed by atoms with E-state index in [0.29, 0.717) is 29.6 Å². The Bertz CT molecular complexity index is 967. The molecule has 10 nitrogen and oxygen atoms in total. The van der Waals surface area contributed by atoms with E-state index in [2.05, 4.69) is 22.0 Å². The summed E-state index contributed by atoms with van der Waals surface area (Å²) in [6.45, 7) is 9.93. The molecule has 2 aromatic rings. The molecule has 3 aliphatic heterocycles. The zero-order valence-electron chi connectivity index (χ0n) is 18.0. The minimum atomic E-state index is -0.0866. The van der Waals surface area contributed by atoms with Crippen molar-refractivity contribution in [1.29, 1.82) is 0 Å². The van der Waals surface area contributed by atoms with Gasteiger partial charge in [0.2, 0.25) is 11.9 Å². The maximum atomic E-state index is 13.3. The number of nitrogens with one attached hydrogen (secondary N) is 1. The Balaban J connectivity index is 1.44. The summed E-state index contributed by atoms with van der Waals surface area (Å²) >= 11 is 0. The number of fused-ring (bicyclic) bond motifs is 1. The standard InChI is InChI=1S/C20H31N7O3/c1-4-27-15-16(23-20(27)26-11-7-21-8-12-26)22-19(24(3)17(15)28)25-9-5-14(6-10-25)18-29-13(2)30-18/h13-14,18,21H,4-12H2,1-3H3. The van der Waals surface area contributed by atoms with Gasteiger partial charge in [-0.15, -0.1) is 0 Å². The summed E-state index contributed by atoms with van der Waals surface area (Å²) in [5.74, 6) is 1.95. The molecule has 0 aromatic carbocycles. The van der Waals surface area contributed by atoms with Crippen molar-refractivity contribution in [2.45, 2.75) is 45.8 Å². The van der Waals surface area contributed by atoms with Gasteiger partial charge in [-0.25, -0.2) is 0 Å². The van der Waals surface area contributed by atoms with E-state index in [1.54, 1.807) is 4.57 Å². The van der Waals surface area contributed by atoms with Crippen LogP contribution in [0.25, 0.3) is 11.2 Å². The van der Waals surface area contributed by atoms with E-state index in [1.807, 2.05) is 18.5 Å². The van der Waals surface area contributed by atoms with E-state index < -0.39 is 0 Å². The molecule has 0 unspecified atom stereocenters. The van der Waals surface area contributed by atoms with Crippen molar-refractivity contribution in [1.82, 2.24) is 24.4 Å². The Morgan fingerprint density at radius 2 is 1.67 bits per heavy atom. The summed E-state index contributed by atoms with van der Waals surface area (Å²) in [6, 6.07) is 0. The summed E-state index contributed by atoms with van der Waals surface area (Å²) in [5, 5.41) is 3.37. The summed E-state index contributed by atoms with van der Waals surface area (Å²) in [4.78, 5) is 27.4. The lowest BCUT2D eigenvalue weighted by Crippen LogP contribution is -2.48. The van der Waals surface area contributed by atoms with Crippen molar-refractivity contribution < 1.29 is 9.47 Å². The highest BCUT2D eigenvalue weighted by molar-refractivity contribution is 5.75. The number of piperazine rings is 1. The third-order valence-corrected chi connectivity index (χ3v) is 6.52. The molecule has 164 valence electrons. The third-order valence-electron chi connectivity index (χ3n) is 6.52. The smallest absolute Gasteiger partial charge is 0.280 e. The number of nitrogens with zero attached hydrogens (tertiary/aromatic N) is 6. The van der Waals surface area contributed by atoms with Gasteiger partial charge in [-0.3, -0.25) is 9.36 Å². The van der Waals surface area contributed by atoms with E-state index in [9.17, 15) is 4.79 Å². The monoisotopic (exact) mass is 417 g/mol. The number of imidazole rings is 1. The number of aryl methyl sites for hydroxylation is 1. The summed E-state index contributed by atoms with van der Waals surface area (Å²) in [7, 11) is 1.81. The highest BCUT2D eigenvalue weighted by atomic mass is 16.9. The Hall–Kier alpha value is -2.17. The van der Waals surface area contributed by atoms with E-state index in [4.69, 9.17) is 19.4 Å². The van der Waals surface area contributed by atoms with Crippen molar-refractivity contribution >= 4 is 23.1 Å². The van der Waals surface area contributed by atoms with Gasteiger partial charge < -0.3 is 29.2 Å². The molecule has 0 radical (unpaired) electrons. The van der Waals surface area contributed by atoms with Crippen molar-refractivity contribution in [3.8, 4) is 0 Å². The maximum absolute atomic E-state index is 13.3. The number of aromatic nitrogens is 4. The molecule has 3 saturated heterocycles. The van der Waals surface area contributed by atoms with Crippen LogP contribution in [0.1, 0.15) is 26.7 Å². The topological polar surface area (TPSA) is 89.7 Å². The molecule has 10 heteroatoms. The van der Waals surface area contributed by atoms with Crippen LogP contribution < -0.4 is 20.7 Å². The van der Waals surface area contributed by atoms with Gasteiger partial charge in [-0.1, -0.05) is 0 Å². The summed E-state index contributed by atoms with van der Waals surface area (Å²) in [6.07, 6.45) is 1.75.